The summed E-state index contributed by atoms with van der Waals surface area (Å²) >= 11 is 0. The molecule has 0 aromatic heterocycles. The molecule has 2 rings (SSSR count). The van der Waals surface area contributed by atoms with Crippen LogP contribution in [0.3, 0.4) is 0 Å². The van der Waals surface area contributed by atoms with Crippen molar-refractivity contribution in [3.05, 3.63) is 29.3 Å². The van der Waals surface area contributed by atoms with Gasteiger partial charge in [0.2, 0.25) is 10.0 Å². The molecule has 0 saturated heterocycles. The van der Waals surface area contributed by atoms with Crippen LogP contribution < -0.4 is 10.0 Å². The summed E-state index contributed by atoms with van der Waals surface area (Å²) in [5.74, 6) is 0.699. The topological polar surface area (TPSA) is 58.2 Å². The van der Waals surface area contributed by atoms with Crippen molar-refractivity contribution in [2.45, 2.75) is 50.5 Å². The van der Waals surface area contributed by atoms with Crippen LogP contribution in [0.2, 0.25) is 0 Å². The molecule has 0 aliphatic heterocycles. The van der Waals surface area contributed by atoms with E-state index in [0.29, 0.717) is 23.9 Å². The van der Waals surface area contributed by atoms with Crippen LogP contribution in [0.1, 0.15) is 43.2 Å². The van der Waals surface area contributed by atoms with Gasteiger partial charge in [-0.2, -0.15) is 0 Å². The van der Waals surface area contributed by atoms with Gasteiger partial charge in [0, 0.05) is 13.1 Å². The summed E-state index contributed by atoms with van der Waals surface area (Å²) < 4.78 is 27.7. The van der Waals surface area contributed by atoms with E-state index in [-0.39, 0.29) is 0 Å². The number of hydrogen-bond acceptors (Lipinski definition) is 3. The van der Waals surface area contributed by atoms with Gasteiger partial charge in [0.25, 0.3) is 0 Å². The number of sulfonamides is 1. The minimum absolute atomic E-state index is 0.404. The summed E-state index contributed by atoms with van der Waals surface area (Å²) in [5.41, 5.74) is 1.86. The lowest BCUT2D eigenvalue weighted by Crippen LogP contribution is -2.27. The lowest BCUT2D eigenvalue weighted by Gasteiger charge is -2.14. The van der Waals surface area contributed by atoms with E-state index in [0.717, 1.165) is 17.5 Å². The Labute approximate surface area is 128 Å². The van der Waals surface area contributed by atoms with E-state index < -0.39 is 10.0 Å². The van der Waals surface area contributed by atoms with Gasteiger partial charge in [0.05, 0.1) is 4.90 Å². The Balaban J connectivity index is 2.02. The molecule has 5 heteroatoms. The van der Waals surface area contributed by atoms with Gasteiger partial charge in [-0.25, -0.2) is 13.1 Å². The molecular formula is C16H26N2O2S. The van der Waals surface area contributed by atoms with Gasteiger partial charge in [0.15, 0.2) is 0 Å². The molecule has 0 radical (unpaired) electrons. The highest BCUT2D eigenvalue weighted by atomic mass is 32.2. The van der Waals surface area contributed by atoms with E-state index in [1.165, 1.54) is 25.7 Å². The van der Waals surface area contributed by atoms with Gasteiger partial charge in [-0.05, 0) is 43.5 Å². The number of benzene rings is 1. The van der Waals surface area contributed by atoms with Crippen molar-refractivity contribution in [1.29, 1.82) is 0 Å². The molecule has 0 amide bonds. The van der Waals surface area contributed by atoms with E-state index in [1.54, 1.807) is 6.07 Å². The highest BCUT2D eigenvalue weighted by Gasteiger charge is 2.19. The summed E-state index contributed by atoms with van der Waals surface area (Å²) in [7, 11) is -1.54. The van der Waals surface area contributed by atoms with E-state index >= 15 is 0 Å². The van der Waals surface area contributed by atoms with Crippen molar-refractivity contribution in [3.8, 4) is 0 Å². The Morgan fingerprint density at radius 2 is 1.95 bits per heavy atom. The highest BCUT2D eigenvalue weighted by molar-refractivity contribution is 7.89. The predicted molar refractivity (Wildman–Crippen MR) is 85.7 cm³/mol. The predicted octanol–water partition coefficient (Wildman–Crippen LogP) is 2.57. The third kappa shape index (κ3) is 4.28. The number of hydrogen-bond donors (Lipinski definition) is 2. The average Bonchev–Trinajstić information content (AvgIpc) is 2.94. The largest absolute Gasteiger partial charge is 0.316 e. The molecule has 1 saturated carbocycles. The van der Waals surface area contributed by atoms with Crippen molar-refractivity contribution in [1.82, 2.24) is 10.0 Å². The number of rotatable bonds is 7. The van der Waals surface area contributed by atoms with Crippen molar-refractivity contribution < 1.29 is 8.42 Å². The van der Waals surface area contributed by atoms with Gasteiger partial charge in [0.1, 0.15) is 0 Å². The summed E-state index contributed by atoms with van der Waals surface area (Å²) in [4.78, 5) is 0.404. The maximum absolute atomic E-state index is 12.5. The first kappa shape index (κ1) is 16.5. The molecule has 1 aromatic carbocycles. The normalized spacial score (nSPS) is 16.5. The maximum Gasteiger partial charge on any atom is 0.240 e. The molecule has 1 aliphatic rings. The minimum atomic E-state index is -3.40. The average molecular weight is 310 g/mol. The quantitative estimate of drug-likeness (QED) is 0.814. The SMILES string of the molecule is CNCc1cccc(S(=O)(=O)NCCC2CCCC2)c1C. The molecule has 1 fully saturated rings. The second kappa shape index (κ2) is 7.38. The van der Waals surface area contributed by atoms with E-state index in [9.17, 15) is 8.42 Å². The summed E-state index contributed by atoms with van der Waals surface area (Å²) in [6.45, 7) is 3.10. The Bertz CT molecular complexity index is 564. The molecule has 21 heavy (non-hydrogen) atoms. The first-order chi connectivity index (χ1) is 10.0. The van der Waals surface area contributed by atoms with Crippen molar-refractivity contribution >= 4 is 10.0 Å². The summed E-state index contributed by atoms with van der Waals surface area (Å²) in [5, 5.41) is 3.07. The zero-order valence-corrected chi connectivity index (χ0v) is 13.8. The van der Waals surface area contributed by atoms with Crippen LogP contribution in [0.4, 0.5) is 0 Å². The fourth-order valence-electron chi connectivity index (χ4n) is 3.11. The second-order valence-corrected chi connectivity index (χ2v) is 7.64. The van der Waals surface area contributed by atoms with Crippen molar-refractivity contribution in [2.24, 2.45) is 5.92 Å². The lowest BCUT2D eigenvalue weighted by molar-refractivity contribution is 0.495. The van der Waals surface area contributed by atoms with Crippen LogP contribution in [-0.2, 0) is 16.6 Å². The van der Waals surface area contributed by atoms with Crippen LogP contribution in [0, 0.1) is 12.8 Å². The molecule has 118 valence electrons. The zero-order valence-electron chi connectivity index (χ0n) is 13.0. The van der Waals surface area contributed by atoms with E-state index in [2.05, 4.69) is 10.0 Å². The standard InChI is InChI=1S/C16H26N2O2S/c1-13-15(12-17-2)8-5-9-16(13)21(19,20)18-11-10-14-6-3-4-7-14/h5,8-9,14,17-18H,3-4,6-7,10-12H2,1-2H3. The molecule has 4 nitrogen and oxygen atoms in total. The molecule has 0 atom stereocenters. The second-order valence-electron chi connectivity index (χ2n) is 5.91. The highest BCUT2D eigenvalue weighted by Crippen LogP contribution is 2.27. The molecule has 0 unspecified atom stereocenters. The van der Waals surface area contributed by atoms with E-state index in [4.69, 9.17) is 0 Å². The molecule has 0 bridgehead atoms. The first-order valence-electron chi connectivity index (χ1n) is 7.77. The first-order valence-corrected chi connectivity index (χ1v) is 9.25. The van der Waals surface area contributed by atoms with Gasteiger partial charge < -0.3 is 5.32 Å². The molecular weight excluding hydrogens is 284 g/mol. The number of nitrogens with one attached hydrogen (secondary N) is 2. The van der Waals surface area contributed by atoms with E-state index in [1.807, 2.05) is 26.1 Å². The summed E-state index contributed by atoms with van der Waals surface area (Å²) in [6.07, 6.45) is 6.04. The summed E-state index contributed by atoms with van der Waals surface area (Å²) in [6, 6.07) is 5.46. The minimum Gasteiger partial charge on any atom is -0.316 e. The van der Waals surface area contributed by atoms with Crippen LogP contribution in [0.15, 0.2) is 23.1 Å². The Morgan fingerprint density at radius 3 is 2.62 bits per heavy atom. The fraction of sp³-hybridized carbons (Fsp3) is 0.625. The van der Waals surface area contributed by atoms with Gasteiger partial charge in [-0.3, -0.25) is 0 Å². The van der Waals surface area contributed by atoms with Gasteiger partial charge >= 0.3 is 0 Å². The Kier molecular flexibility index (Phi) is 5.79. The van der Waals surface area contributed by atoms with Gasteiger partial charge in [-0.15, -0.1) is 0 Å². The molecule has 1 aromatic rings. The van der Waals surface area contributed by atoms with Crippen LogP contribution in [0.5, 0.6) is 0 Å². The van der Waals surface area contributed by atoms with Crippen LogP contribution >= 0.6 is 0 Å². The van der Waals surface area contributed by atoms with Gasteiger partial charge in [-0.1, -0.05) is 37.8 Å². The lowest BCUT2D eigenvalue weighted by atomic mass is 10.1. The third-order valence-corrected chi connectivity index (χ3v) is 5.98. The molecule has 2 N–H and O–H groups in total. The Hall–Kier alpha value is -0.910. The molecule has 0 spiro atoms. The third-order valence-electron chi connectivity index (χ3n) is 4.37. The smallest absolute Gasteiger partial charge is 0.240 e. The van der Waals surface area contributed by atoms with Crippen LogP contribution in [0.25, 0.3) is 0 Å². The van der Waals surface area contributed by atoms with Crippen molar-refractivity contribution in [2.75, 3.05) is 13.6 Å². The Morgan fingerprint density at radius 1 is 1.24 bits per heavy atom. The van der Waals surface area contributed by atoms with Crippen LogP contribution in [-0.4, -0.2) is 22.0 Å². The zero-order chi connectivity index (χ0) is 15.3. The fourth-order valence-corrected chi connectivity index (χ4v) is 4.44. The molecule has 0 heterocycles. The van der Waals surface area contributed by atoms with Crippen molar-refractivity contribution in [3.63, 3.8) is 0 Å². The molecule has 1 aliphatic carbocycles. The maximum atomic E-state index is 12.5. The monoisotopic (exact) mass is 310 g/mol.